The lowest BCUT2D eigenvalue weighted by Gasteiger charge is -1.92. The summed E-state index contributed by atoms with van der Waals surface area (Å²) in [6, 6.07) is 1.73. The van der Waals surface area contributed by atoms with Gasteiger partial charge in [-0.15, -0.1) is 0 Å². The molecule has 1 rings (SSSR count). The van der Waals surface area contributed by atoms with Crippen molar-refractivity contribution in [1.82, 2.24) is 4.57 Å². The summed E-state index contributed by atoms with van der Waals surface area (Å²) < 4.78 is 22.9. The highest BCUT2D eigenvalue weighted by atomic mass is 32.2. The summed E-state index contributed by atoms with van der Waals surface area (Å²) in [5.41, 5.74) is 0.718. The Bertz CT molecular complexity index is 339. The van der Waals surface area contributed by atoms with Crippen LogP contribution in [0, 0.1) is 0 Å². The fourth-order valence-electron chi connectivity index (χ4n) is 0.879. The van der Waals surface area contributed by atoms with E-state index >= 15 is 0 Å². The topological polar surface area (TPSA) is 65.1 Å². The lowest BCUT2D eigenvalue weighted by Crippen LogP contribution is -2.13. The maximum Gasteiger partial charge on any atom is 0.213 e. The number of primary sulfonamides is 1. The Kier molecular flexibility index (Phi) is 2.01. The van der Waals surface area contributed by atoms with E-state index in [1.165, 1.54) is 0 Å². The van der Waals surface area contributed by atoms with Gasteiger partial charge in [-0.25, -0.2) is 13.6 Å². The number of hydrogen-bond acceptors (Lipinski definition) is 2. The van der Waals surface area contributed by atoms with Crippen LogP contribution in [0.15, 0.2) is 18.5 Å². The van der Waals surface area contributed by atoms with Crippen molar-refractivity contribution < 1.29 is 8.42 Å². The summed E-state index contributed by atoms with van der Waals surface area (Å²) >= 11 is 0. The highest BCUT2D eigenvalue weighted by molar-refractivity contribution is 7.88. The molecular formula is C6H10N2O2S. The fraction of sp³-hybridized carbons (Fsp3) is 0.333. The fourth-order valence-corrected chi connectivity index (χ4v) is 1.51. The Hall–Kier alpha value is -0.810. The van der Waals surface area contributed by atoms with Crippen molar-refractivity contribution in [2.45, 2.75) is 5.75 Å². The highest BCUT2D eigenvalue weighted by Gasteiger charge is 2.04. The van der Waals surface area contributed by atoms with Crippen LogP contribution in [-0.4, -0.2) is 13.0 Å². The van der Waals surface area contributed by atoms with Gasteiger partial charge in [-0.3, -0.25) is 0 Å². The minimum absolute atomic E-state index is 0.0894. The van der Waals surface area contributed by atoms with Crippen molar-refractivity contribution in [1.29, 1.82) is 0 Å². The smallest absolute Gasteiger partial charge is 0.213 e. The number of aromatic nitrogens is 1. The molecule has 0 unspecified atom stereocenters. The minimum Gasteiger partial charge on any atom is -0.357 e. The van der Waals surface area contributed by atoms with E-state index in [1.807, 2.05) is 7.05 Å². The van der Waals surface area contributed by atoms with Crippen LogP contribution in [-0.2, 0) is 22.8 Å². The number of nitrogens with zero attached hydrogens (tertiary/aromatic N) is 1. The van der Waals surface area contributed by atoms with Gasteiger partial charge in [0.25, 0.3) is 0 Å². The van der Waals surface area contributed by atoms with Gasteiger partial charge in [-0.1, -0.05) is 0 Å². The molecule has 1 heterocycles. The molecule has 0 fully saturated rings. The van der Waals surface area contributed by atoms with E-state index in [9.17, 15) is 8.42 Å². The lowest BCUT2D eigenvalue weighted by atomic mass is 10.4. The van der Waals surface area contributed by atoms with E-state index in [-0.39, 0.29) is 5.75 Å². The quantitative estimate of drug-likeness (QED) is 0.675. The zero-order chi connectivity index (χ0) is 8.48. The van der Waals surface area contributed by atoms with Crippen LogP contribution in [0.3, 0.4) is 0 Å². The minimum atomic E-state index is -3.38. The van der Waals surface area contributed by atoms with E-state index in [0.717, 1.165) is 5.56 Å². The second-order valence-electron chi connectivity index (χ2n) is 2.49. The zero-order valence-corrected chi connectivity index (χ0v) is 7.00. The molecule has 0 aliphatic carbocycles. The van der Waals surface area contributed by atoms with Crippen LogP contribution >= 0.6 is 0 Å². The number of sulfonamides is 1. The SMILES string of the molecule is Cn1ccc(CS(N)(=O)=O)c1. The molecule has 0 saturated heterocycles. The van der Waals surface area contributed by atoms with Crippen LogP contribution in [0.25, 0.3) is 0 Å². The maximum atomic E-state index is 10.6. The normalized spacial score (nSPS) is 11.8. The maximum absolute atomic E-state index is 10.6. The Labute approximate surface area is 65.7 Å². The van der Waals surface area contributed by atoms with E-state index in [1.54, 1.807) is 23.0 Å². The van der Waals surface area contributed by atoms with Gasteiger partial charge in [0, 0.05) is 19.4 Å². The van der Waals surface area contributed by atoms with Gasteiger partial charge in [0.05, 0.1) is 5.75 Å². The van der Waals surface area contributed by atoms with Gasteiger partial charge in [0.2, 0.25) is 10.0 Å². The molecule has 0 bridgehead atoms. The van der Waals surface area contributed by atoms with E-state index in [0.29, 0.717) is 0 Å². The van der Waals surface area contributed by atoms with Gasteiger partial charge < -0.3 is 4.57 Å². The largest absolute Gasteiger partial charge is 0.357 e. The van der Waals surface area contributed by atoms with Crippen LogP contribution in [0.1, 0.15) is 5.56 Å². The van der Waals surface area contributed by atoms with Gasteiger partial charge >= 0.3 is 0 Å². The summed E-state index contributed by atoms with van der Waals surface area (Å²) in [4.78, 5) is 0. The molecule has 0 saturated carbocycles. The lowest BCUT2D eigenvalue weighted by molar-refractivity contribution is 0.597. The Balaban J connectivity index is 2.81. The Morgan fingerprint density at radius 1 is 1.64 bits per heavy atom. The van der Waals surface area contributed by atoms with Crippen molar-refractivity contribution in [2.24, 2.45) is 12.2 Å². The molecule has 0 aliphatic heterocycles. The van der Waals surface area contributed by atoms with Gasteiger partial charge in [-0.05, 0) is 11.6 Å². The van der Waals surface area contributed by atoms with E-state index in [4.69, 9.17) is 5.14 Å². The third-order valence-corrected chi connectivity index (χ3v) is 2.00. The van der Waals surface area contributed by atoms with Gasteiger partial charge in [0.15, 0.2) is 0 Å². The first-order valence-corrected chi connectivity index (χ1v) is 4.80. The van der Waals surface area contributed by atoms with Crippen LogP contribution in [0.2, 0.25) is 0 Å². The molecule has 0 aromatic carbocycles. The molecule has 0 radical (unpaired) electrons. The molecule has 11 heavy (non-hydrogen) atoms. The van der Waals surface area contributed by atoms with Gasteiger partial charge in [-0.2, -0.15) is 0 Å². The molecule has 0 amide bonds. The Morgan fingerprint density at radius 3 is 2.64 bits per heavy atom. The van der Waals surface area contributed by atoms with Crippen molar-refractivity contribution in [2.75, 3.05) is 0 Å². The summed E-state index contributed by atoms with van der Waals surface area (Å²) in [5.74, 6) is -0.0894. The highest BCUT2D eigenvalue weighted by Crippen LogP contribution is 2.02. The van der Waals surface area contributed by atoms with Crippen molar-refractivity contribution in [3.05, 3.63) is 24.0 Å². The molecular weight excluding hydrogens is 164 g/mol. The standard InChI is InChI=1S/C6H10N2O2S/c1-8-3-2-6(4-8)5-11(7,9)10/h2-4H,5H2,1H3,(H2,7,9,10). The van der Waals surface area contributed by atoms with E-state index < -0.39 is 10.0 Å². The first-order chi connectivity index (χ1) is 4.97. The average molecular weight is 174 g/mol. The van der Waals surface area contributed by atoms with Crippen molar-refractivity contribution >= 4 is 10.0 Å². The number of nitrogens with two attached hydrogens (primary N) is 1. The summed E-state index contributed by atoms with van der Waals surface area (Å²) in [6.07, 6.45) is 3.50. The number of aryl methyl sites for hydroxylation is 1. The van der Waals surface area contributed by atoms with Crippen LogP contribution < -0.4 is 5.14 Å². The average Bonchev–Trinajstić information content (AvgIpc) is 2.10. The first kappa shape index (κ1) is 8.29. The molecule has 2 N–H and O–H groups in total. The molecule has 1 aromatic heterocycles. The molecule has 0 atom stereocenters. The van der Waals surface area contributed by atoms with Crippen molar-refractivity contribution in [3.8, 4) is 0 Å². The third-order valence-electron chi connectivity index (χ3n) is 1.26. The van der Waals surface area contributed by atoms with E-state index in [2.05, 4.69) is 0 Å². The summed E-state index contributed by atoms with van der Waals surface area (Å²) in [7, 11) is -1.55. The molecule has 62 valence electrons. The molecule has 0 spiro atoms. The number of hydrogen-bond donors (Lipinski definition) is 1. The number of rotatable bonds is 2. The molecule has 4 nitrogen and oxygen atoms in total. The second kappa shape index (κ2) is 2.67. The molecule has 0 aliphatic rings. The predicted molar refractivity (Wildman–Crippen MR) is 42.2 cm³/mol. The monoisotopic (exact) mass is 174 g/mol. The zero-order valence-electron chi connectivity index (χ0n) is 6.19. The van der Waals surface area contributed by atoms with Crippen molar-refractivity contribution in [3.63, 3.8) is 0 Å². The summed E-state index contributed by atoms with van der Waals surface area (Å²) in [6.45, 7) is 0. The summed E-state index contributed by atoms with van der Waals surface area (Å²) in [5, 5.41) is 4.84. The Morgan fingerprint density at radius 2 is 2.27 bits per heavy atom. The molecule has 1 aromatic rings. The second-order valence-corrected chi connectivity index (χ2v) is 4.11. The van der Waals surface area contributed by atoms with Crippen LogP contribution in [0.4, 0.5) is 0 Å². The third kappa shape index (κ3) is 2.73. The first-order valence-electron chi connectivity index (χ1n) is 3.09. The molecule has 5 heteroatoms. The van der Waals surface area contributed by atoms with Crippen LogP contribution in [0.5, 0.6) is 0 Å². The van der Waals surface area contributed by atoms with Gasteiger partial charge in [0.1, 0.15) is 0 Å². The predicted octanol–water partition coefficient (Wildman–Crippen LogP) is -0.186.